The lowest BCUT2D eigenvalue weighted by Gasteiger charge is -2.14. The van der Waals surface area contributed by atoms with Crippen LogP contribution in [0, 0.1) is 0 Å². The van der Waals surface area contributed by atoms with Gasteiger partial charge in [0.25, 0.3) is 5.56 Å². The third kappa shape index (κ3) is 2.74. The van der Waals surface area contributed by atoms with Crippen LogP contribution < -0.4 is 16.0 Å². The van der Waals surface area contributed by atoms with Crippen molar-refractivity contribution in [1.82, 2.24) is 9.13 Å². The molecule has 5 nitrogen and oxygen atoms in total. The molecule has 0 aliphatic carbocycles. The van der Waals surface area contributed by atoms with Gasteiger partial charge in [0.05, 0.1) is 17.8 Å². The van der Waals surface area contributed by atoms with Crippen LogP contribution in [0.2, 0.25) is 5.02 Å². The van der Waals surface area contributed by atoms with Gasteiger partial charge >= 0.3 is 11.9 Å². The number of benzene rings is 1. The highest BCUT2D eigenvalue weighted by molar-refractivity contribution is 6.32. The van der Waals surface area contributed by atoms with E-state index in [0.29, 0.717) is 15.2 Å². The van der Waals surface area contributed by atoms with E-state index >= 15 is 0 Å². The first-order chi connectivity index (χ1) is 10.2. The van der Waals surface area contributed by atoms with E-state index in [2.05, 4.69) is 0 Å². The number of methoxy groups -OCH3 is 1. The molecule has 0 aliphatic rings. The number of hydrogen-bond acceptors (Lipinski definition) is 3. The average Bonchev–Trinajstić information content (AvgIpc) is 2.43. The Morgan fingerprint density at radius 3 is 2.36 bits per heavy atom. The normalized spacial score (nSPS) is 11.5. The Hall–Kier alpha value is -2.22. The second kappa shape index (κ2) is 5.53. The molecule has 0 amide bonds. The van der Waals surface area contributed by atoms with Crippen molar-refractivity contribution in [2.45, 2.75) is 6.18 Å². The van der Waals surface area contributed by atoms with E-state index < -0.39 is 23.1 Å². The molecule has 0 saturated carbocycles. The lowest BCUT2D eigenvalue weighted by atomic mass is 10.3. The molecule has 1 aromatic heterocycles. The van der Waals surface area contributed by atoms with Gasteiger partial charge in [0.1, 0.15) is 11.4 Å². The van der Waals surface area contributed by atoms with Gasteiger partial charge in [0.2, 0.25) is 0 Å². The summed E-state index contributed by atoms with van der Waals surface area (Å²) in [5.41, 5.74) is -3.48. The van der Waals surface area contributed by atoms with Crippen LogP contribution in [0.3, 0.4) is 0 Å². The minimum absolute atomic E-state index is 0.0561. The third-order valence-electron chi connectivity index (χ3n) is 3.00. The van der Waals surface area contributed by atoms with Crippen LogP contribution in [0.5, 0.6) is 5.75 Å². The molecule has 0 fully saturated rings. The zero-order valence-electron chi connectivity index (χ0n) is 11.4. The lowest BCUT2D eigenvalue weighted by Crippen LogP contribution is -2.40. The molecule has 1 heterocycles. The van der Waals surface area contributed by atoms with Crippen molar-refractivity contribution in [2.24, 2.45) is 7.05 Å². The van der Waals surface area contributed by atoms with Gasteiger partial charge in [-0.15, -0.1) is 0 Å². The number of ether oxygens (including phenoxy) is 1. The molecule has 118 valence electrons. The molecule has 0 spiro atoms. The summed E-state index contributed by atoms with van der Waals surface area (Å²) in [5.74, 6) is 0.188. The molecular formula is C13H10ClF3N2O3. The van der Waals surface area contributed by atoms with Crippen LogP contribution >= 0.6 is 11.6 Å². The molecule has 0 atom stereocenters. The van der Waals surface area contributed by atoms with Crippen LogP contribution in [-0.4, -0.2) is 16.2 Å². The predicted molar refractivity (Wildman–Crippen MR) is 73.8 cm³/mol. The molecule has 0 bridgehead atoms. The number of nitrogens with zero attached hydrogens (tertiary/aromatic N) is 2. The van der Waals surface area contributed by atoms with Crippen molar-refractivity contribution >= 4 is 11.6 Å². The Morgan fingerprint density at radius 1 is 1.18 bits per heavy atom. The van der Waals surface area contributed by atoms with E-state index in [4.69, 9.17) is 16.3 Å². The SMILES string of the molecule is COc1cc(-n2c(=O)cc(C(F)(F)F)n(C)c2=O)ccc1Cl. The molecule has 0 radical (unpaired) electrons. The maximum absolute atomic E-state index is 12.8. The fourth-order valence-electron chi connectivity index (χ4n) is 1.92. The van der Waals surface area contributed by atoms with Crippen LogP contribution in [0.1, 0.15) is 5.69 Å². The summed E-state index contributed by atoms with van der Waals surface area (Å²) in [4.78, 5) is 24.0. The van der Waals surface area contributed by atoms with Gasteiger partial charge in [-0.1, -0.05) is 11.6 Å². The Labute approximate surface area is 127 Å². The first-order valence-corrected chi connectivity index (χ1v) is 6.29. The van der Waals surface area contributed by atoms with Crippen LogP contribution in [0.15, 0.2) is 33.9 Å². The third-order valence-corrected chi connectivity index (χ3v) is 3.32. The number of hydrogen-bond donors (Lipinski definition) is 0. The summed E-state index contributed by atoms with van der Waals surface area (Å²) in [6.45, 7) is 0. The topological polar surface area (TPSA) is 53.2 Å². The van der Waals surface area contributed by atoms with E-state index in [1.54, 1.807) is 0 Å². The summed E-state index contributed by atoms with van der Waals surface area (Å²) in [7, 11) is 2.27. The van der Waals surface area contributed by atoms with Crippen molar-refractivity contribution < 1.29 is 17.9 Å². The number of rotatable bonds is 2. The maximum Gasteiger partial charge on any atom is 0.431 e. The molecule has 22 heavy (non-hydrogen) atoms. The Kier molecular flexibility index (Phi) is 4.06. The fourth-order valence-corrected chi connectivity index (χ4v) is 2.12. The number of aromatic nitrogens is 2. The van der Waals surface area contributed by atoms with E-state index in [0.717, 1.165) is 7.05 Å². The van der Waals surface area contributed by atoms with Crippen molar-refractivity contribution in [2.75, 3.05) is 7.11 Å². The second-order valence-corrected chi connectivity index (χ2v) is 4.77. The van der Waals surface area contributed by atoms with Crippen LogP contribution in [0.4, 0.5) is 13.2 Å². The van der Waals surface area contributed by atoms with Gasteiger partial charge in [0, 0.05) is 19.2 Å². The van der Waals surface area contributed by atoms with Gasteiger partial charge < -0.3 is 4.74 Å². The Morgan fingerprint density at radius 2 is 1.82 bits per heavy atom. The summed E-state index contributed by atoms with van der Waals surface area (Å²) >= 11 is 5.84. The van der Waals surface area contributed by atoms with Gasteiger partial charge in [-0.2, -0.15) is 13.2 Å². The van der Waals surface area contributed by atoms with E-state index in [-0.39, 0.29) is 16.5 Å². The monoisotopic (exact) mass is 334 g/mol. The van der Waals surface area contributed by atoms with Crippen molar-refractivity contribution in [1.29, 1.82) is 0 Å². The van der Waals surface area contributed by atoms with Gasteiger partial charge in [0.15, 0.2) is 0 Å². The van der Waals surface area contributed by atoms with E-state index in [1.165, 1.54) is 25.3 Å². The largest absolute Gasteiger partial charge is 0.495 e. The van der Waals surface area contributed by atoms with Crippen LogP contribution in [0.25, 0.3) is 5.69 Å². The first kappa shape index (κ1) is 16.2. The highest BCUT2D eigenvalue weighted by Gasteiger charge is 2.35. The molecule has 9 heteroatoms. The Balaban J connectivity index is 2.76. The smallest absolute Gasteiger partial charge is 0.431 e. The molecule has 0 unspecified atom stereocenters. The van der Waals surface area contributed by atoms with E-state index in [1.807, 2.05) is 0 Å². The quantitative estimate of drug-likeness (QED) is 0.846. The number of alkyl halides is 3. The van der Waals surface area contributed by atoms with Gasteiger partial charge in [-0.05, 0) is 12.1 Å². The molecule has 2 rings (SSSR count). The molecule has 2 aromatic rings. The maximum atomic E-state index is 12.8. The predicted octanol–water partition coefficient (Wildman–Crippen LogP) is 2.22. The van der Waals surface area contributed by atoms with Crippen molar-refractivity contribution in [3.05, 3.63) is 55.8 Å². The summed E-state index contributed by atoms with van der Waals surface area (Å²) in [5, 5.41) is 0.239. The van der Waals surface area contributed by atoms with Crippen LogP contribution in [-0.2, 0) is 13.2 Å². The standard InChI is InChI=1S/C13H10ClF3N2O3/c1-18-10(13(15,16)17)6-11(20)19(12(18)21)7-3-4-8(14)9(5-7)22-2/h3-6H,1-2H3. The molecular weight excluding hydrogens is 325 g/mol. The molecule has 0 N–H and O–H groups in total. The zero-order valence-corrected chi connectivity index (χ0v) is 12.2. The summed E-state index contributed by atoms with van der Waals surface area (Å²) < 4.78 is 44.2. The number of halogens is 4. The summed E-state index contributed by atoms with van der Waals surface area (Å²) in [6, 6.07) is 4.36. The van der Waals surface area contributed by atoms with Gasteiger partial charge in [-0.3, -0.25) is 9.36 Å². The molecule has 0 aliphatic heterocycles. The molecule has 0 saturated heterocycles. The van der Waals surface area contributed by atoms with Crippen molar-refractivity contribution in [3.8, 4) is 11.4 Å². The minimum Gasteiger partial charge on any atom is -0.495 e. The van der Waals surface area contributed by atoms with Gasteiger partial charge in [-0.25, -0.2) is 9.36 Å². The lowest BCUT2D eigenvalue weighted by molar-refractivity contribution is -0.144. The summed E-state index contributed by atoms with van der Waals surface area (Å²) in [6.07, 6.45) is -4.80. The molecule has 1 aromatic carbocycles. The highest BCUT2D eigenvalue weighted by atomic mass is 35.5. The minimum atomic E-state index is -4.80. The van der Waals surface area contributed by atoms with E-state index in [9.17, 15) is 22.8 Å². The Bertz CT molecular complexity index is 840. The zero-order chi connectivity index (χ0) is 16.7. The second-order valence-electron chi connectivity index (χ2n) is 4.36. The highest BCUT2D eigenvalue weighted by Crippen LogP contribution is 2.28. The average molecular weight is 335 g/mol. The van der Waals surface area contributed by atoms with Crippen molar-refractivity contribution in [3.63, 3.8) is 0 Å². The fraction of sp³-hybridized carbons (Fsp3) is 0.231. The first-order valence-electron chi connectivity index (χ1n) is 5.91.